The zero-order valence-corrected chi connectivity index (χ0v) is 11.3. The van der Waals surface area contributed by atoms with Gasteiger partial charge in [-0.15, -0.1) is 0 Å². The monoisotopic (exact) mass is 297 g/mol. The molecule has 108 valence electrons. The largest absolute Gasteiger partial charge is 0.493 e. The van der Waals surface area contributed by atoms with E-state index in [-0.39, 0.29) is 17.5 Å². The molecule has 0 radical (unpaired) electrons. The predicted molar refractivity (Wildman–Crippen MR) is 66.9 cm³/mol. The lowest BCUT2D eigenvalue weighted by atomic mass is 10.1. The molecule has 0 heterocycles. The summed E-state index contributed by atoms with van der Waals surface area (Å²) in [6.07, 6.45) is -4.08. The number of nitrogens with two attached hydrogens (primary N) is 1. The van der Waals surface area contributed by atoms with Gasteiger partial charge in [-0.2, -0.15) is 13.2 Å². The fraction of sp³-hybridized carbons (Fsp3) is 0.500. The molecule has 0 aromatic heterocycles. The molecule has 0 aliphatic carbocycles. The summed E-state index contributed by atoms with van der Waals surface area (Å²) >= 11 is 5.88. The van der Waals surface area contributed by atoms with Crippen molar-refractivity contribution < 1.29 is 22.6 Å². The average molecular weight is 298 g/mol. The molecular formula is C12H15ClF3NO2. The fourth-order valence-corrected chi connectivity index (χ4v) is 1.82. The van der Waals surface area contributed by atoms with E-state index in [1.165, 1.54) is 19.2 Å². The van der Waals surface area contributed by atoms with Crippen LogP contribution in [0.4, 0.5) is 13.2 Å². The highest BCUT2D eigenvalue weighted by atomic mass is 35.5. The number of alkyl halides is 3. The topological polar surface area (TPSA) is 44.5 Å². The summed E-state index contributed by atoms with van der Waals surface area (Å²) in [6, 6.07) is 2.69. The van der Waals surface area contributed by atoms with E-state index >= 15 is 0 Å². The van der Waals surface area contributed by atoms with E-state index in [4.69, 9.17) is 26.8 Å². The van der Waals surface area contributed by atoms with Gasteiger partial charge >= 0.3 is 6.18 Å². The number of benzene rings is 1. The first-order chi connectivity index (χ1) is 8.73. The van der Waals surface area contributed by atoms with Gasteiger partial charge in [0.15, 0.2) is 18.1 Å². The second-order valence-corrected chi connectivity index (χ2v) is 4.62. The number of hydrogen-bond donors (Lipinski definition) is 1. The van der Waals surface area contributed by atoms with Crippen molar-refractivity contribution in [1.29, 1.82) is 0 Å². The summed E-state index contributed by atoms with van der Waals surface area (Å²) in [4.78, 5) is 0. The SMILES string of the molecule is COc1cc(Cl)cc(CC(C)N)c1OCC(F)(F)F. The minimum atomic E-state index is -4.42. The van der Waals surface area contributed by atoms with Crippen molar-refractivity contribution in [3.8, 4) is 11.5 Å². The van der Waals surface area contributed by atoms with Crippen LogP contribution in [-0.2, 0) is 6.42 Å². The van der Waals surface area contributed by atoms with Gasteiger partial charge in [0.1, 0.15) is 0 Å². The Kier molecular flexibility index (Phi) is 5.31. The summed E-state index contributed by atoms with van der Waals surface area (Å²) in [5.41, 5.74) is 6.14. The third-order valence-electron chi connectivity index (χ3n) is 2.24. The number of halogens is 4. The third-order valence-corrected chi connectivity index (χ3v) is 2.46. The maximum Gasteiger partial charge on any atom is 0.422 e. The van der Waals surface area contributed by atoms with E-state index in [9.17, 15) is 13.2 Å². The first-order valence-electron chi connectivity index (χ1n) is 5.54. The number of rotatable bonds is 5. The standard InChI is InChI=1S/C12H15ClF3NO2/c1-7(17)3-8-4-9(13)5-10(18-2)11(8)19-6-12(14,15)16/h4-5,7H,3,6,17H2,1-2H3. The quantitative estimate of drug-likeness (QED) is 0.908. The lowest BCUT2D eigenvalue weighted by Gasteiger charge is -2.17. The molecule has 1 aromatic carbocycles. The van der Waals surface area contributed by atoms with Gasteiger partial charge < -0.3 is 15.2 Å². The highest BCUT2D eigenvalue weighted by Gasteiger charge is 2.29. The number of hydrogen-bond acceptors (Lipinski definition) is 3. The first kappa shape index (κ1) is 15.9. The highest BCUT2D eigenvalue weighted by Crippen LogP contribution is 2.36. The zero-order chi connectivity index (χ0) is 14.6. The normalized spacial score (nSPS) is 13.2. The Balaban J connectivity index is 3.09. The third kappa shape index (κ3) is 5.16. The van der Waals surface area contributed by atoms with Crippen LogP contribution >= 0.6 is 11.6 Å². The molecule has 0 spiro atoms. The Labute approximate surface area is 114 Å². The lowest BCUT2D eigenvalue weighted by Crippen LogP contribution is -2.22. The van der Waals surface area contributed by atoms with Crippen LogP contribution in [0.2, 0.25) is 5.02 Å². The van der Waals surface area contributed by atoms with Crippen molar-refractivity contribution in [2.24, 2.45) is 5.73 Å². The van der Waals surface area contributed by atoms with Crippen molar-refractivity contribution in [2.45, 2.75) is 25.6 Å². The first-order valence-corrected chi connectivity index (χ1v) is 5.92. The minimum absolute atomic E-state index is 0.0292. The predicted octanol–water partition coefficient (Wildman–Crippen LogP) is 3.18. The van der Waals surface area contributed by atoms with Crippen LogP contribution in [0.25, 0.3) is 0 Å². The molecule has 1 aromatic rings. The van der Waals surface area contributed by atoms with Gasteiger partial charge in [0.2, 0.25) is 0 Å². The van der Waals surface area contributed by atoms with E-state index in [2.05, 4.69) is 0 Å². The Hall–Kier alpha value is -1.14. The Morgan fingerprint density at radius 1 is 1.37 bits per heavy atom. The smallest absolute Gasteiger partial charge is 0.422 e. The van der Waals surface area contributed by atoms with Gasteiger partial charge in [-0.25, -0.2) is 0 Å². The van der Waals surface area contributed by atoms with Gasteiger partial charge in [0.25, 0.3) is 0 Å². The summed E-state index contributed by atoms with van der Waals surface area (Å²) in [5, 5.41) is 0.354. The maximum atomic E-state index is 12.2. The number of ether oxygens (including phenoxy) is 2. The van der Waals surface area contributed by atoms with Gasteiger partial charge in [0, 0.05) is 22.7 Å². The van der Waals surface area contributed by atoms with Gasteiger partial charge in [-0.1, -0.05) is 11.6 Å². The molecule has 0 aliphatic heterocycles. The number of methoxy groups -OCH3 is 1. The van der Waals surface area contributed by atoms with Crippen LogP contribution in [0.1, 0.15) is 12.5 Å². The van der Waals surface area contributed by atoms with Crippen LogP contribution in [0, 0.1) is 0 Å². The van der Waals surface area contributed by atoms with Crippen molar-refractivity contribution in [3.05, 3.63) is 22.7 Å². The Morgan fingerprint density at radius 2 is 2.00 bits per heavy atom. The molecule has 19 heavy (non-hydrogen) atoms. The molecule has 7 heteroatoms. The van der Waals surface area contributed by atoms with Gasteiger partial charge in [-0.05, 0) is 19.4 Å². The second kappa shape index (κ2) is 6.34. The molecule has 3 nitrogen and oxygen atoms in total. The summed E-state index contributed by atoms with van der Waals surface area (Å²) < 4.78 is 46.5. The molecule has 0 fully saturated rings. The molecule has 1 unspecified atom stereocenters. The zero-order valence-electron chi connectivity index (χ0n) is 10.6. The van der Waals surface area contributed by atoms with Crippen molar-refractivity contribution >= 4 is 11.6 Å². The van der Waals surface area contributed by atoms with Crippen LogP contribution in [0.3, 0.4) is 0 Å². The van der Waals surface area contributed by atoms with E-state index < -0.39 is 12.8 Å². The molecule has 0 saturated heterocycles. The summed E-state index contributed by atoms with van der Waals surface area (Å²) in [6.45, 7) is 0.345. The Morgan fingerprint density at radius 3 is 2.47 bits per heavy atom. The molecule has 0 bridgehead atoms. The minimum Gasteiger partial charge on any atom is -0.493 e. The molecule has 0 aliphatic rings. The van der Waals surface area contributed by atoms with Crippen LogP contribution in [0.15, 0.2) is 12.1 Å². The fourth-order valence-electron chi connectivity index (χ4n) is 1.59. The summed E-state index contributed by atoms with van der Waals surface area (Å²) in [7, 11) is 1.34. The van der Waals surface area contributed by atoms with E-state index in [0.29, 0.717) is 17.0 Å². The van der Waals surface area contributed by atoms with E-state index in [0.717, 1.165) is 0 Å². The molecule has 1 atom stereocenters. The van der Waals surface area contributed by atoms with Gasteiger partial charge in [-0.3, -0.25) is 0 Å². The van der Waals surface area contributed by atoms with Crippen molar-refractivity contribution in [3.63, 3.8) is 0 Å². The molecule has 2 N–H and O–H groups in total. The molecule has 0 saturated carbocycles. The van der Waals surface area contributed by atoms with Gasteiger partial charge in [0.05, 0.1) is 7.11 Å². The van der Waals surface area contributed by atoms with E-state index in [1.54, 1.807) is 6.92 Å². The molecule has 1 rings (SSSR count). The van der Waals surface area contributed by atoms with E-state index in [1.807, 2.05) is 0 Å². The van der Waals surface area contributed by atoms with Crippen molar-refractivity contribution in [1.82, 2.24) is 0 Å². The van der Waals surface area contributed by atoms with Crippen molar-refractivity contribution in [2.75, 3.05) is 13.7 Å². The second-order valence-electron chi connectivity index (χ2n) is 4.18. The van der Waals surface area contributed by atoms with Crippen LogP contribution in [0.5, 0.6) is 11.5 Å². The lowest BCUT2D eigenvalue weighted by molar-refractivity contribution is -0.153. The Bertz CT molecular complexity index is 436. The van der Waals surface area contributed by atoms with Crippen LogP contribution in [-0.4, -0.2) is 25.9 Å². The molecule has 0 amide bonds. The summed E-state index contributed by atoms with van der Waals surface area (Å²) in [5.74, 6) is 0.189. The molecular weight excluding hydrogens is 283 g/mol. The average Bonchev–Trinajstić information content (AvgIpc) is 2.24. The van der Waals surface area contributed by atoms with Crippen LogP contribution < -0.4 is 15.2 Å². The highest BCUT2D eigenvalue weighted by molar-refractivity contribution is 6.30. The maximum absolute atomic E-state index is 12.2.